The summed E-state index contributed by atoms with van der Waals surface area (Å²) in [7, 11) is 0. The lowest BCUT2D eigenvalue weighted by Crippen LogP contribution is -2.49. The molecule has 0 bridgehead atoms. The van der Waals surface area contributed by atoms with E-state index < -0.39 is 24.4 Å². The van der Waals surface area contributed by atoms with Crippen LogP contribution in [-0.2, 0) is 4.79 Å². The zero-order valence-corrected chi connectivity index (χ0v) is 7.17. The maximum absolute atomic E-state index is 11.9. The molecular weight excluding hydrogens is 182 g/mol. The van der Waals surface area contributed by atoms with Crippen LogP contribution in [0.5, 0.6) is 0 Å². The average Bonchev–Trinajstić information content (AvgIpc) is 1.99. The second-order valence-electron chi connectivity index (χ2n) is 2.95. The molecule has 0 spiro atoms. The van der Waals surface area contributed by atoms with E-state index in [9.17, 15) is 13.6 Å². The smallest absolute Gasteiger partial charge is 0.323 e. The van der Waals surface area contributed by atoms with E-state index in [-0.39, 0.29) is 13.0 Å². The number of carbonyl (C=O) groups is 1. The molecule has 0 amide bonds. The van der Waals surface area contributed by atoms with Crippen molar-refractivity contribution in [3.05, 3.63) is 0 Å². The van der Waals surface area contributed by atoms with Crippen LogP contribution < -0.4 is 11.5 Å². The zero-order valence-electron chi connectivity index (χ0n) is 7.17. The van der Waals surface area contributed by atoms with E-state index in [1.807, 2.05) is 0 Å². The van der Waals surface area contributed by atoms with Crippen LogP contribution >= 0.6 is 0 Å². The van der Waals surface area contributed by atoms with E-state index in [0.717, 1.165) is 0 Å². The lowest BCUT2D eigenvalue weighted by atomic mass is 9.91. The third-order valence-electron chi connectivity index (χ3n) is 1.77. The predicted molar refractivity (Wildman–Crippen MR) is 43.5 cm³/mol. The molecule has 6 heteroatoms. The van der Waals surface area contributed by atoms with Gasteiger partial charge in [0, 0.05) is 6.42 Å². The van der Waals surface area contributed by atoms with Gasteiger partial charge in [-0.1, -0.05) is 0 Å². The molecule has 1 atom stereocenters. The Hall–Kier alpha value is -0.750. The Morgan fingerprint density at radius 1 is 1.54 bits per heavy atom. The summed E-state index contributed by atoms with van der Waals surface area (Å²) in [4.78, 5) is 10.6. The molecule has 0 aromatic carbocycles. The quantitative estimate of drug-likeness (QED) is 0.564. The molecular formula is C7H14F2N2O2. The van der Waals surface area contributed by atoms with Gasteiger partial charge in [0.2, 0.25) is 6.43 Å². The van der Waals surface area contributed by atoms with Crippen LogP contribution in [0.15, 0.2) is 0 Å². The van der Waals surface area contributed by atoms with Crippen LogP contribution in [0.3, 0.4) is 0 Å². The third kappa shape index (κ3) is 4.14. The van der Waals surface area contributed by atoms with Gasteiger partial charge < -0.3 is 16.6 Å². The van der Waals surface area contributed by atoms with E-state index in [0.29, 0.717) is 6.42 Å². The second-order valence-corrected chi connectivity index (χ2v) is 2.95. The fourth-order valence-electron chi connectivity index (χ4n) is 0.989. The van der Waals surface area contributed by atoms with E-state index in [2.05, 4.69) is 0 Å². The predicted octanol–water partition coefficient (Wildman–Crippen LogP) is 0.163. The lowest BCUT2D eigenvalue weighted by molar-refractivity contribution is -0.145. The first-order valence-electron chi connectivity index (χ1n) is 3.93. The van der Waals surface area contributed by atoms with Crippen molar-refractivity contribution in [2.24, 2.45) is 11.5 Å². The van der Waals surface area contributed by atoms with Crippen LogP contribution in [0.1, 0.15) is 19.3 Å². The summed E-state index contributed by atoms with van der Waals surface area (Å²) in [5.74, 6) is -1.40. The van der Waals surface area contributed by atoms with Crippen LogP contribution in [0, 0.1) is 0 Å². The van der Waals surface area contributed by atoms with E-state index in [4.69, 9.17) is 16.6 Å². The van der Waals surface area contributed by atoms with E-state index in [1.165, 1.54) is 0 Å². The second kappa shape index (κ2) is 5.08. The molecule has 0 radical (unpaired) electrons. The van der Waals surface area contributed by atoms with Crippen LogP contribution in [-0.4, -0.2) is 29.6 Å². The Morgan fingerprint density at radius 2 is 2.08 bits per heavy atom. The van der Waals surface area contributed by atoms with Gasteiger partial charge in [-0.3, -0.25) is 4.79 Å². The van der Waals surface area contributed by atoms with Crippen LogP contribution in [0.25, 0.3) is 0 Å². The van der Waals surface area contributed by atoms with Gasteiger partial charge in [0.1, 0.15) is 5.54 Å². The molecule has 0 saturated heterocycles. The molecule has 0 aliphatic carbocycles. The van der Waals surface area contributed by atoms with Crippen molar-refractivity contribution in [2.75, 3.05) is 6.54 Å². The minimum Gasteiger partial charge on any atom is -0.480 e. The molecule has 4 nitrogen and oxygen atoms in total. The summed E-state index contributed by atoms with van der Waals surface area (Å²) < 4.78 is 23.9. The first kappa shape index (κ1) is 12.2. The normalized spacial score (nSPS) is 15.8. The van der Waals surface area contributed by atoms with Gasteiger partial charge in [0.15, 0.2) is 0 Å². The van der Waals surface area contributed by atoms with E-state index in [1.54, 1.807) is 0 Å². The van der Waals surface area contributed by atoms with E-state index >= 15 is 0 Å². The molecule has 1 unspecified atom stereocenters. The van der Waals surface area contributed by atoms with Crippen molar-refractivity contribution in [2.45, 2.75) is 31.2 Å². The van der Waals surface area contributed by atoms with Crippen molar-refractivity contribution in [3.63, 3.8) is 0 Å². The maximum Gasteiger partial charge on any atom is 0.323 e. The molecule has 0 aromatic heterocycles. The highest BCUT2D eigenvalue weighted by Crippen LogP contribution is 2.19. The number of aliphatic carboxylic acids is 1. The highest BCUT2D eigenvalue weighted by Gasteiger charge is 2.36. The molecule has 0 heterocycles. The first-order chi connectivity index (χ1) is 5.92. The third-order valence-corrected chi connectivity index (χ3v) is 1.77. The molecule has 0 fully saturated rings. The number of halogens is 2. The van der Waals surface area contributed by atoms with Crippen molar-refractivity contribution in [1.82, 2.24) is 0 Å². The largest absolute Gasteiger partial charge is 0.480 e. The number of hydrogen-bond acceptors (Lipinski definition) is 3. The Balaban J connectivity index is 4.25. The standard InChI is InChI=1S/C7H14F2N2O2/c8-5(9)4-7(11,6(12)13)2-1-3-10/h5H,1-4,10-11H2,(H,12,13). The fraction of sp³-hybridized carbons (Fsp3) is 0.857. The summed E-state index contributed by atoms with van der Waals surface area (Å²) >= 11 is 0. The summed E-state index contributed by atoms with van der Waals surface area (Å²) in [6, 6.07) is 0. The highest BCUT2D eigenvalue weighted by atomic mass is 19.3. The van der Waals surface area contributed by atoms with Crippen molar-refractivity contribution < 1.29 is 18.7 Å². The van der Waals surface area contributed by atoms with Gasteiger partial charge in [-0.05, 0) is 19.4 Å². The SMILES string of the molecule is NCCCC(N)(CC(F)F)C(=O)O. The molecule has 0 rings (SSSR count). The minimum absolute atomic E-state index is 0.0246. The summed E-state index contributed by atoms with van der Waals surface area (Å²) in [6.07, 6.45) is -3.24. The van der Waals surface area contributed by atoms with Crippen molar-refractivity contribution >= 4 is 5.97 Å². The maximum atomic E-state index is 11.9. The summed E-state index contributed by atoms with van der Waals surface area (Å²) in [6.45, 7) is 0.246. The van der Waals surface area contributed by atoms with Crippen molar-refractivity contribution in [1.29, 1.82) is 0 Å². The van der Waals surface area contributed by atoms with Gasteiger partial charge in [-0.2, -0.15) is 0 Å². The molecule has 0 aliphatic heterocycles. The Bertz CT molecular complexity index is 178. The van der Waals surface area contributed by atoms with Crippen LogP contribution in [0.2, 0.25) is 0 Å². The number of rotatable bonds is 6. The van der Waals surface area contributed by atoms with Gasteiger partial charge in [-0.15, -0.1) is 0 Å². The fourth-order valence-corrected chi connectivity index (χ4v) is 0.989. The molecule has 0 aliphatic rings. The first-order valence-corrected chi connectivity index (χ1v) is 3.93. The molecule has 0 saturated carbocycles. The topological polar surface area (TPSA) is 89.3 Å². The Labute approximate surface area is 74.9 Å². The lowest BCUT2D eigenvalue weighted by Gasteiger charge is -2.23. The molecule has 78 valence electrons. The number of hydrogen-bond donors (Lipinski definition) is 3. The van der Waals surface area contributed by atoms with Crippen molar-refractivity contribution in [3.8, 4) is 0 Å². The zero-order chi connectivity index (χ0) is 10.5. The average molecular weight is 196 g/mol. The molecule has 0 aromatic rings. The van der Waals surface area contributed by atoms with Crippen LogP contribution in [0.4, 0.5) is 8.78 Å². The monoisotopic (exact) mass is 196 g/mol. The Morgan fingerprint density at radius 3 is 2.38 bits per heavy atom. The number of carboxylic acids is 1. The van der Waals surface area contributed by atoms with Gasteiger partial charge in [0.25, 0.3) is 0 Å². The number of carboxylic acid groups (broad SMARTS) is 1. The summed E-state index contributed by atoms with van der Waals surface area (Å²) in [5, 5.41) is 8.61. The number of alkyl halides is 2. The van der Waals surface area contributed by atoms with Gasteiger partial charge in [0.05, 0.1) is 0 Å². The molecule has 5 N–H and O–H groups in total. The van der Waals surface area contributed by atoms with Gasteiger partial charge >= 0.3 is 5.97 Å². The summed E-state index contributed by atoms with van der Waals surface area (Å²) in [5.41, 5.74) is 8.58. The molecule has 13 heavy (non-hydrogen) atoms. The Kier molecular flexibility index (Phi) is 4.79. The number of nitrogens with two attached hydrogens (primary N) is 2. The minimum atomic E-state index is -2.71. The highest BCUT2D eigenvalue weighted by molar-refractivity contribution is 5.78. The van der Waals surface area contributed by atoms with Gasteiger partial charge in [-0.25, -0.2) is 8.78 Å².